The van der Waals surface area contributed by atoms with Gasteiger partial charge in [-0.3, -0.25) is 10.1 Å². The number of fused-ring (bicyclic) bond motifs is 1. The van der Waals surface area contributed by atoms with Crippen molar-refractivity contribution in [1.29, 1.82) is 0 Å². The lowest BCUT2D eigenvalue weighted by molar-refractivity contribution is -0.137. The number of carbonyl (C=O) groups excluding carboxylic acids is 1. The number of hydrogen-bond acceptors (Lipinski definition) is 4. The van der Waals surface area contributed by atoms with Crippen LogP contribution in [-0.2, 0) is 6.18 Å². The number of thiazole rings is 1. The number of hydrogen-bond donors (Lipinski definition) is 2. The predicted octanol–water partition coefficient (Wildman–Crippen LogP) is 5.27. The van der Waals surface area contributed by atoms with Crippen molar-refractivity contribution in [2.45, 2.75) is 13.1 Å². The fourth-order valence-corrected chi connectivity index (χ4v) is 3.45. The van der Waals surface area contributed by atoms with Gasteiger partial charge in [0.15, 0.2) is 5.13 Å². The van der Waals surface area contributed by atoms with Crippen LogP contribution >= 0.6 is 11.3 Å². The van der Waals surface area contributed by atoms with Crippen molar-refractivity contribution >= 4 is 33.4 Å². The Bertz CT molecular complexity index is 1180. The average molecular weight is 402 g/mol. The standard InChI is InChI=1S/C19H13F3N4OS/c1-10-9-28-18(23-10)26-17(27)13-6-3-7-14-15(13)25-16(24-14)11-4-2-5-12(8-11)19(20,21)22/h2-9H,1H3,(H,24,25)(H,23,26,27). The number of benzene rings is 2. The lowest BCUT2D eigenvalue weighted by atomic mass is 10.1. The van der Waals surface area contributed by atoms with Crippen LogP contribution in [0.5, 0.6) is 0 Å². The molecule has 2 N–H and O–H groups in total. The van der Waals surface area contributed by atoms with Crippen molar-refractivity contribution in [2.24, 2.45) is 0 Å². The van der Waals surface area contributed by atoms with Crippen LogP contribution in [-0.4, -0.2) is 20.9 Å². The first kappa shape index (κ1) is 18.2. The summed E-state index contributed by atoms with van der Waals surface area (Å²) in [6.07, 6.45) is -4.45. The topological polar surface area (TPSA) is 70.7 Å². The molecule has 0 unspecified atom stereocenters. The van der Waals surface area contributed by atoms with Gasteiger partial charge in [-0.05, 0) is 31.2 Å². The van der Waals surface area contributed by atoms with E-state index in [-0.39, 0.29) is 17.3 Å². The number of aromatic amines is 1. The second kappa shape index (κ2) is 6.75. The number of para-hydroxylation sites is 1. The Morgan fingerprint density at radius 2 is 1.93 bits per heavy atom. The smallest absolute Gasteiger partial charge is 0.338 e. The van der Waals surface area contributed by atoms with Crippen LogP contribution in [0, 0.1) is 6.92 Å². The van der Waals surface area contributed by atoms with Gasteiger partial charge < -0.3 is 4.98 Å². The number of aryl methyl sites for hydroxylation is 1. The number of H-pyrrole nitrogens is 1. The van der Waals surface area contributed by atoms with Gasteiger partial charge in [0, 0.05) is 10.9 Å². The van der Waals surface area contributed by atoms with Crippen LogP contribution < -0.4 is 5.32 Å². The zero-order chi connectivity index (χ0) is 19.9. The van der Waals surface area contributed by atoms with Gasteiger partial charge in [0.25, 0.3) is 5.91 Å². The Morgan fingerprint density at radius 1 is 1.14 bits per heavy atom. The number of nitrogens with zero attached hydrogens (tertiary/aromatic N) is 2. The minimum absolute atomic E-state index is 0.256. The second-order valence-corrected chi connectivity index (χ2v) is 6.97. The van der Waals surface area contributed by atoms with Gasteiger partial charge in [-0.25, -0.2) is 9.97 Å². The SMILES string of the molecule is Cc1csc(NC(=O)c2cccc3[nH]c(-c4cccc(C(F)(F)F)c4)nc23)n1. The molecule has 2 aromatic carbocycles. The molecule has 0 aliphatic heterocycles. The maximum Gasteiger partial charge on any atom is 0.416 e. The summed E-state index contributed by atoms with van der Waals surface area (Å²) in [5.74, 6) is -0.131. The van der Waals surface area contributed by atoms with E-state index in [2.05, 4.69) is 20.3 Å². The molecule has 5 nitrogen and oxygen atoms in total. The molecular weight excluding hydrogens is 389 g/mol. The van der Waals surface area contributed by atoms with Crippen LogP contribution in [0.1, 0.15) is 21.6 Å². The summed E-state index contributed by atoms with van der Waals surface area (Å²) in [5.41, 5.74) is 1.55. The van der Waals surface area contributed by atoms with Crippen molar-refractivity contribution in [2.75, 3.05) is 5.32 Å². The maximum absolute atomic E-state index is 13.0. The van der Waals surface area contributed by atoms with Crippen LogP contribution in [0.15, 0.2) is 47.8 Å². The molecule has 0 saturated heterocycles. The van der Waals surface area contributed by atoms with E-state index in [0.29, 0.717) is 21.7 Å². The van der Waals surface area contributed by atoms with Crippen molar-refractivity contribution in [3.63, 3.8) is 0 Å². The molecule has 0 bridgehead atoms. The third-order valence-electron chi connectivity index (χ3n) is 4.06. The first-order chi connectivity index (χ1) is 13.3. The summed E-state index contributed by atoms with van der Waals surface area (Å²) >= 11 is 1.31. The lowest BCUT2D eigenvalue weighted by Gasteiger charge is -2.07. The van der Waals surface area contributed by atoms with Gasteiger partial charge >= 0.3 is 6.18 Å². The molecule has 0 spiro atoms. The molecule has 4 aromatic rings. The van der Waals surface area contributed by atoms with Crippen molar-refractivity contribution in [1.82, 2.24) is 15.0 Å². The molecule has 4 rings (SSSR count). The number of aromatic nitrogens is 3. The highest BCUT2D eigenvalue weighted by Crippen LogP contribution is 2.32. The van der Waals surface area contributed by atoms with Crippen molar-refractivity contribution < 1.29 is 18.0 Å². The summed E-state index contributed by atoms with van der Waals surface area (Å²) in [6, 6.07) is 9.88. The molecule has 0 radical (unpaired) electrons. The number of carbonyl (C=O) groups is 1. The number of anilines is 1. The van der Waals surface area contributed by atoms with Gasteiger partial charge in [-0.2, -0.15) is 13.2 Å². The predicted molar refractivity (Wildman–Crippen MR) is 101 cm³/mol. The molecule has 2 aromatic heterocycles. The third kappa shape index (κ3) is 3.48. The molecule has 142 valence electrons. The summed E-state index contributed by atoms with van der Waals surface area (Å²) in [7, 11) is 0. The van der Waals surface area contributed by atoms with Gasteiger partial charge in [0.05, 0.1) is 22.3 Å². The normalized spacial score (nSPS) is 11.7. The van der Waals surface area contributed by atoms with Crippen molar-refractivity contribution in [3.05, 3.63) is 64.7 Å². The zero-order valence-electron chi connectivity index (χ0n) is 14.5. The molecule has 0 aliphatic carbocycles. The zero-order valence-corrected chi connectivity index (χ0v) is 15.3. The molecule has 9 heteroatoms. The van der Waals surface area contributed by atoms with E-state index in [1.807, 2.05) is 12.3 Å². The fraction of sp³-hybridized carbons (Fsp3) is 0.105. The average Bonchev–Trinajstić information content (AvgIpc) is 3.26. The maximum atomic E-state index is 13.0. The first-order valence-electron chi connectivity index (χ1n) is 8.21. The van der Waals surface area contributed by atoms with Crippen LogP contribution in [0.2, 0.25) is 0 Å². The Kier molecular flexibility index (Phi) is 4.38. The van der Waals surface area contributed by atoms with Gasteiger partial charge in [-0.1, -0.05) is 18.2 Å². The van der Waals surface area contributed by atoms with Crippen LogP contribution in [0.25, 0.3) is 22.4 Å². The first-order valence-corrected chi connectivity index (χ1v) is 9.09. The van der Waals surface area contributed by atoms with E-state index in [1.165, 1.54) is 23.5 Å². The monoisotopic (exact) mass is 402 g/mol. The van der Waals surface area contributed by atoms with Gasteiger partial charge in [0.2, 0.25) is 0 Å². The third-order valence-corrected chi connectivity index (χ3v) is 4.94. The quantitative estimate of drug-likeness (QED) is 0.491. The molecule has 0 atom stereocenters. The van der Waals surface area contributed by atoms with E-state index in [9.17, 15) is 18.0 Å². The second-order valence-electron chi connectivity index (χ2n) is 6.11. The van der Waals surface area contributed by atoms with E-state index in [0.717, 1.165) is 17.8 Å². The minimum Gasteiger partial charge on any atom is -0.338 e. The highest BCUT2D eigenvalue weighted by atomic mass is 32.1. The molecular formula is C19H13F3N4OS. The van der Waals surface area contributed by atoms with Crippen molar-refractivity contribution in [3.8, 4) is 11.4 Å². The molecule has 2 heterocycles. The number of imidazole rings is 1. The highest BCUT2D eigenvalue weighted by molar-refractivity contribution is 7.13. The summed E-state index contributed by atoms with van der Waals surface area (Å²) in [5, 5.41) is 5.00. The lowest BCUT2D eigenvalue weighted by Crippen LogP contribution is -2.12. The Hall–Kier alpha value is -3.20. The number of amides is 1. The molecule has 1 amide bonds. The van der Waals surface area contributed by atoms with Crippen LogP contribution in [0.3, 0.4) is 0 Å². The van der Waals surface area contributed by atoms with E-state index in [1.54, 1.807) is 18.2 Å². The highest BCUT2D eigenvalue weighted by Gasteiger charge is 2.30. The van der Waals surface area contributed by atoms with Crippen LogP contribution in [0.4, 0.5) is 18.3 Å². The van der Waals surface area contributed by atoms with E-state index in [4.69, 9.17) is 0 Å². The van der Waals surface area contributed by atoms with Gasteiger partial charge in [0.1, 0.15) is 11.3 Å². The number of halogens is 3. The molecule has 0 aliphatic rings. The number of rotatable bonds is 3. The Morgan fingerprint density at radius 3 is 2.64 bits per heavy atom. The summed E-state index contributed by atoms with van der Waals surface area (Å²) < 4.78 is 38.9. The molecule has 0 fully saturated rings. The minimum atomic E-state index is -4.45. The largest absolute Gasteiger partial charge is 0.416 e. The van der Waals surface area contributed by atoms with Gasteiger partial charge in [-0.15, -0.1) is 11.3 Å². The Balaban J connectivity index is 1.72. The number of nitrogens with one attached hydrogen (secondary N) is 2. The van der Waals surface area contributed by atoms with E-state index < -0.39 is 11.7 Å². The number of alkyl halides is 3. The van der Waals surface area contributed by atoms with E-state index >= 15 is 0 Å². The molecule has 28 heavy (non-hydrogen) atoms. The summed E-state index contributed by atoms with van der Waals surface area (Å²) in [4.78, 5) is 24.2. The summed E-state index contributed by atoms with van der Waals surface area (Å²) in [6.45, 7) is 1.82. The molecule has 0 saturated carbocycles. The fourth-order valence-electron chi connectivity index (χ4n) is 2.77. The Labute approximate surface area is 161 Å².